The topological polar surface area (TPSA) is 75.6 Å². The highest BCUT2D eigenvalue weighted by Crippen LogP contribution is 2.55. The van der Waals surface area contributed by atoms with Gasteiger partial charge >= 0.3 is 5.97 Å². The number of benzene rings is 1. The third-order valence-corrected chi connectivity index (χ3v) is 4.29. The molecule has 1 aromatic carbocycles. The molecule has 0 aliphatic heterocycles. The Kier molecular flexibility index (Phi) is 4.32. The predicted molar refractivity (Wildman–Crippen MR) is 79.2 cm³/mol. The Morgan fingerprint density at radius 1 is 1.43 bits per heavy atom. The molecule has 0 bridgehead atoms. The van der Waals surface area contributed by atoms with Gasteiger partial charge in [-0.1, -0.05) is 13.8 Å². The van der Waals surface area contributed by atoms with Crippen molar-refractivity contribution in [1.82, 2.24) is 0 Å². The summed E-state index contributed by atoms with van der Waals surface area (Å²) in [7, 11) is 1.54. The number of methoxy groups -OCH3 is 1. The number of carbonyl (C=O) groups is 2. The molecular weight excluding hydrogens is 270 g/mol. The minimum atomic E-state index is -1.02. The van der Waals surface area contributed by atoms with Crippen LogP contribution in [0.3, 0.4) is 0 Å². The maximum Gasteiger partial charge on any atom is 0.335 e. The number of carbonyl (C=O) groups excluding carboxylic acids is 1. The molecule has 5 heteroatoms. The number of ether oxygens (including phenoxy) is 1. The summed E-state index contributed by atoms with van der Waals surface area (Å²) in [4.78, 5) is 23.3. The van der Waals surface area contributed by atoms with Crippen LogP contribution in [-0.4, -0.2) is 24.1 Å². The van der Waals surface area contributed by atoms with Crippen molar-refractivity contribution in [1.29, 1.82) is 0 Å². The van der Waals surface area contributed by atoms with E-state index in [4.69, 9.17) is 9.84 Å². The summed E-state index contributed by atoms with van der Waals surface area (Å²) in [6.45, 7) is 4.48. The molecule has 2 N–H and O–H groups in total. The summed E-state index contributed by atoms with van der Waals surface area (Å²) in [5, 5.41) is 12.0. The third kappa shape index (κ3) is 3.42. The molecule has 114 valence electrons. The highest BCUT2D eigenvalue weighted by molar-refractivity contribution is 5.97. The summed E-state index contributed by atoms with van der Waals surface area (Å²) in [6.07, 6.45) is 1.86. The van der Waals surface area contributed by atoms with Crippen molar-refractivity contribution in [2.75, 3.05) is 12.4 Å². The minimum Gasteiger partial charge on any atom is -0.478 e. The van der Waals surface area contributed by atoms with Crippen molar-refractivity contribution in [2.45, 2.75) is 33.3 Å². The van der Waals surface area contributed by atoms with Gasteiger partial charge in [0.05, 0.1) is 12.2 Å². The second-order valence-corrected chi connectivity index (χ2v) is 5.91. The van der Waals surface area contributed by atoms with Crippen molar-refractivity contribution in [3.05, 3.63) is 29.3 Å². The van der Waals surface area contributed by atoms with Gasteiger partial charge in [-0.25, -0.2) is 4.79 Å². The monoisotopic (exact) mass is 291 g/mol. The van der Waals surface area contributed by atoms with E-state index in [1.54, 1.807) is 19.2 Å². The normalized spacial score (nSPS) is 23.7. The Hall–Kier alpha value is -1.88. The Morgan fingerprint density at radius 2 is 2.14 bits per heavy atom. The summed E-state index contributed by atoms with van der Waals surface area (Å²) < 4.78 is 5.03. The molecular formula is C16H21NO4. The summed E-state index contributed by atoms with van der Waals surface area (Å²) in [6, 6.07) is 4.78. The maximum atomic E-state index is 12.2. The molecule has 1 saturated carbocycles. The molecule has 1 amide bonds. The fourth-order valence-corrected chi connectivity index (χ4v) is 2.57. The van der Waals surface area contributed by atoms with Gasteiger partial charge in [-0.2, -0.15) is 0 Å². The zero-order chi connectivity index (χ0) is 15.6. The molecule has 0 aromatic heterocycles. The summed E-state index contributed by atoms with van der Waals surface area (Å²) in [5.74, 6) is -1.04. The Balaban J connectivity index is 2.16. The number of rotatable bonds is 6. The Labute approximate surface area is 124 Å². The van der Waals surface area contributed by atoms with Crippen LogP contribution in [0.5, 0.6) is 0 Å². The average molecular weight is 291 g/mol. The van der Waals surface area contributed by atoms with E-state index in [1.165, 1.54) is 6.07 Å². The largest absolute Gasteiger partial charge is 0.478 e. The van der Waals surface area contributed by atoms with E-state index < -0.39 is 5.97 Å². The zero-order valence-electron chi connectivity index (χ0n) is 12.6. The van der Waals surface area contributed by atoms with Crippen molar-refractivity contribution in [3.63, 3.8) is 0 Å². The first kappa shape index (κ1) is 15.5. The van der Waals surface area contributed by atoms with Gasteiger partial charge in [0.15, 0.2) is 0 Å². The van der Waals surface area contributed by atoms with E-state index in [9.17, 15) is 9.59 Å². The molecule has 5 nitrogen and oxygen atoms in total. The van der Waals surface area contributed by atoms with E-state index in [1.807, 2.05) is 0 Å². The number of carboxylic acid groups (broad SMARTS) is 1. The lowest BCUT2D eigenvalue weighted by Gasteiger charge is -2.11. The SMILES string of the molecule is CCC1(C)CC1C(=O)Nc1cc(COC)cc(C(=O)O)c1. The van der Waals surface area contributed by atoms with E-state index in [-0.39, 0.29) is 22.8 Å². The second kappa shape index (κ2) is 5.85. The lowest BCUT2D eigenvalue weighted by molar-refractivity contribution is -0.118. The van der Waals surface area contributed by atoms with E-state index in [0.717, 1.165) is 18.4 Å². The average Bonchev–Trinajstić information content (AvgIpc) is 3.12. The van der Waals surface area contributed by atoms with Gasteiger partial charge in [0.25, 0.3) is 0 Å². The fraction of sp³-hybridized carbons (Fsp3) is 0.500. The van der Waals surface area contributed by atoms with Gasteiger partial charge in [-0.15, -0.1) is 0 Å². The lowest BCUT2D eigenvalue weighted by Crippen LogP contribution is -2.18. The van der Waals surface area contributed by atoms with E-state index in [0.29, 0.717) is 12.3 Å². The van der Waals surface area contributed by atoms with Crippen LogP contribution < -0.4 is 5.32 Å². The Morgan fingerprint density at radius 3 is 2.67 bits per heavy atom. The minimum absolute atomic E-state index is 0.0156. The van der Waals surface area contributed by atoms with Crippen LogP contribution in [0.1, 0.15) is 42.6 Å². The summed E-state index contributed by atoms with van der Waals surface area (Å²) >= 11 is 0. The van der Waals surface area contributed by atoms with Crippen LogP contribution in [0.4, 0.5) is 5.69 Å². The quantitative estimate of drug-likeness (QED) is 0.845. The maximum absolute atomic E-state index is 12.2. The van der Waals surface area contributed by atoms with Crippen molar-refractivity contribution < 1.29 is 19.4 Å². The molecule has 1 fully saturated rings. The molecule has 2 rings (SSSR count). The summed E-state index contributed by atoms with van der Waals surface area (Å²) in [5.41, 5.74) is 1.47. The highest BCUT2D eigenvalue weighted by Gasteiger charge is 2.52. The molecule has 0 radical (unpaired) electrons. The van der Waals surface area contributed by atoms with Crippen LogP contribution in [0.2, 0.25) is 0 Å². The van der Waals surface area contributed by atoms with Crippen molar-refractivity contribution in [3.8, 4) is 0 Å². The van der Waals surface area contributed by atoms with Crippen LogP contribution >= 0.6 is 0 Å². The first-order chi connectivity index (χ1) is 9.89. The van der Waals surface area contributed by atoms with Gasteiger partial charge in [0.2, 0.25) is 5.91 Å². The van der Waals surface area contributed by atoms with Gasteiger partial charge < -0.3 is 15.2 Å². The molecule has 1 aliphatic rings. The first-order valence-electron chi connectivity index (χ1n) is 7.06. The lowest BCUT2D eigenvalue weighted by atomic mass is 10.0. The number of aromatic carboxylic acids is 1. The smallest absolute Gasteiger partial charge is 0.335 e. The zero-order valence-corrected chi connectivity index (χ0v) is 12.6. The standard InChI is InChI=1S/C16H21NO4/c1-4-16(2)8-13(16)14(18)17-12-6-10(9-21-3)5-11(7-12)15(19)20/h5-7,13H,4,8-9H2,1-3H3,(H,17,18)(H,19,20). The van der Waals surface area contributed by atoms with Crippen molar-refractivity contribution in [2.24, 2.45) is 11.3 Å². The van der Waals surface area contributed by atoms with Crippen LogP contribution in [0.15, 0.2) is 18.2 Å². The molecule has 1 aliphatic carbocycles. The number of amides is 1. The molecule has 0 saturated heterocycles. The number of carboxylic acids is 1. The molecule has 2 unspecified atom stereocenters. The Bertz CT molecular complexity index is 569. The van der Waals surface area contributed by atoms with Gasteiger partial charge in [-0.3, -0.25) is 4.79 Å². The van der Waals surface area contributed by atoms with Crippen molar-refractivity contribution >= 4 is 17.6 Å². The molecule has 0 heterocycles. The number of hydrogen-bond acceptors (Lipinski definition) is 3. The van der Waals surface area contributed by atoms with Crippen LogP contribution in [-0.2, 0) is 16.1 Å². The van der Waals surface area contributed by atoms with Gasteiger partial charge in [-0.05, 0) is 42.0 Å². The number of anilines is 1. The van der Waals surface area contributed by atoms with E-state index >= 15 is 0 Å². The molecule has 21 heavy (non-hydrogen) atoms. The molecule has 0 spiro atoms. The predicted octanol–water partition coefficient (Wildman–Crippen LogP) is 2.91. The van der Waals surface area contributed by atoms with E-state index in [2.05, 4.69) is 19.2 Å². The number of hydrogen-bond donors (Lipinski definition) is 2. The molecule has 2 atom stereocenters. The van der Waals surface area contributed by atoms with Crippen LogP contribution in [0, 0.1) is 11.3 Å². The van der Waals surface area contributed by atoms with Crippen LogP contribution in [0.25, 0.3) is 0 Å². The van der Waals surface area contributed by atoms with Gasteiger partial charge in [0, 0.05) is 18.7 Å². The van der Waals surface area contributed by atoms with Gasteiger partial charge in [0.1, 0.15) is 0 Å². The number of nitrogens with one attached hydrogen (secondary N) is 1. The third-order valence-electron chi connectivity index (χ3n) is 4.29. The second-order valence-electron chi connectivity index (χ2n) is 5.91. The first-order valence-corrected chi connectivity index (χ1v) is 7.06. The fourth-order valence-electron chi connectivity index (χ4n) is 2.57. The highest BCUT2D eigenvalue weighted by atomic mass is 16.5. The molecule has 1 aromatic rings.